The van der Waals surface area contributed by atoms with Gasteiger partial charge in [-0.05, 0) is 24.6 Å². The molecule has 0 saturated heterocycles. The van der Waals surface area contributed by atoms with Crippen molar-refractivity contribution in [2.24, 2.45) is 0 Å². The number of rotatable bonds is 4. The highest BCUT2D eigenvalue weighted by atomic mass is 19.4. The molecule has 0 bridgehead atoms. The monoisotopic (exact) mass is 317 g/mol. The Morgan fingerprint density at radius 3 is 2.64 bits per heavy atom. The molecule has 2 aromatic rings. The minimum absolute atomic E-state index is 0.0198. The summed E-state index contributed by atoms with van der Waals surface area (Å²) < 4.78 is 54.1. The van der Waals surface area contributed by atoms with Gasteiger partial charge in [-0.25, -0.2) is 4.39 Å². The van der Waals surface area contributed by atoms with Crippen LogP contribution in [0, 0.1) is 5.82 Å². The van der Waals surface area contributed by atoms with Gasteiger partial charge in [-0.15, -0.1) is 0 Å². The van der Waals surface area contributed by atoms with E-state index in [1.54, 1.807) is 0 Å². The van der Waals surface area contributed by atoms with Crippen LogP contribution in [-0.2, 0) is 0 Å². The number of carbonyl (C=O) groups excluding carboxylic acids is 1. The molecule has 0 atom stereocenters. The molecule has 1 aromatic heterocycles. The summed E-state index contributed by atoms with van der Waals surface area (Å²) in [5.74, 6) is -1.76. The molecule has 0 aliphatic carbocycles. The SMILES string of the molecule is O=C(NCCCC(F)(F)F)c1cc(=O)c2cc(F)ccc2o1. The van der Waals surface area contributed by atoms with E-state index >= 15 is 0 Å². The largest absolute Gasteiger partial charge is 0.451 e. The molecule has 0 aliphatic heterocycles. The number of amides is 1. The highest BCUT2D eigenvalue weighted by Gasteiger charge is 2.26. The van der Waals surface area contributed by atoms with Crippen LogP contribution >= 0.6 is 0 Å². The second-order valence-corrected chi connectivity index (χ2v) is 4.59. The van der Waals surface area contributed by atoms with Crippen LogP contribution in [0.15, 0.2) is 33.5 Å². The van der Waals surface area contributed by atoms with Crippen LogP contribution in [0.3, 0.4) is 0 Å². The molecule has 1 aromatic carbocycles. The first-order chi connectivity index (χ1) is 10.3. The molecule has 0 unspecified atom stereocenters. The molecular formula is C14H11F4NO3. The van der Waals surface area contributed by atoms with Gasteiger partial charge in [0.25, 0.3) is 5.91 Å². The summed E-state index contributed by atoms with van der Waals surface area (Å²) in [6.07, 6.45) is -5.59. The van der Waals surface area contributed by atoms with Gasteiger partial charge in [0.2, 0.25) is 0 Å². The molecule has 0 radical (unpaired) electrons. The fraction of sp³-hybridized carbons (Fsp3) is 0.286. The third-order valence-electron chi connectivity index (χ3n) is 2.84. The van der Waals surface area contributed by atoms with E-state index in [0.717, 1.165) is 18.2 Å². The topological polar surface area (TPSA) is 59.3 Å². The Morgan fingerprint density at radius 1 is 1.23 bits per heavy atom. The summed E-state index contributed by atoms with van der Waals surface area (Å²) in [6, 6.07) is 4.12. The number of carbonyl (C=O) groups is 1. The number of fused-ring (bicyclic) bond motifs is 1. The summed E-state index contributed by atoms with van der Waals surface area (Å²) in [5.41, 5.74) is -0.587. The normalized spacial score (nSPS) is 11.6. The second-order valence-electron chi connectivity index (χ2n) is 4.59. The van der Waals surface area contributed by atoms with Gasteiger partial charge in [0.05, 0.1) is 5.39 Å². The molecule has 118 valence electrons. The molecule has 4 nitrogen and oxygen atoms in total. The van der Waals surface area contributed by atoms with Gasteiger partial charge in [-0.3, -0.25) is 9.59 Å². The van der Waals surface area contributed by atoms with Crippen molar-refractivity contribution in [3.63, 3.8) is 0 Å². The van der Waals surface area contributed by atoms with E-state index in [1.165, 1.54) is 6.07 Å². The fourth-order valence-corrected chi connectivity index (χ4v) is 1.82. The lowest BCUT2D eigenvalue weighted by molar-refractivity contribution is -0.135. The van der Waals surface area contributed by atoms with Gasteiger partial charge in [0.15, 0.2) is 11.2 Å². The zero-order valence-electron chi connectivity index (χ0n) is 11.2. The molecule has 22 heavy (non-hydrogen) atoms. The maximum atomic E-state index is 13.0. The molecule has 1 amide bonds. The minimum atomic E-state index is -4.29. The van der Waals surface area contributed by atoms with Crippen molar-refractivity contribution in [2.45, 2.75) is 19.0 Å². The molecule has 1 N–H and O–H groups in total. The lowest BCUT2D eigenvalue weighted by Crippen LogP contribution is -2.26. The van der Waals surface area contributed by atoms with Crippen LogP contribution < -0.4 is 10.7 Å². The molecule has 0 saturated carbocycles. The highest BCUT2D eigenvalue weighted by molar-refractivity contribution is 5.93. The number of hydrogen-bond donors (Lipinski definition) is 1. The van der Waals surface area contributed by atoms with Gasteiger partial charge in [-0.2, -0.15) is 13.2 Å². The lowest BCUT2D eigenvalue weighted by Gasteiger charge is -2.07. The summed E-state index contributed by atoms with van der Waals surface area (Å²) in [7, 11) is 0. The van der Waals surface area contributed by atoms with Crippen LogP contribution in [0.5, 0.6) is 0 Å². The second kappa shape index (κ2) is 6.17. The Morgan fingerprint density at radius 2 is 1.95 bits per heavy atom. The average Bonchev–Trinajstić information content (AvgIpc) is 2.43. The van der Waals surface area contributed by atoms with E-state index in [1.807, 2.05) is 0 Å². The van der Waals surface area contributed by atoms with Gasteiger partial charge < -0.3 is 9.73 Å². The van der Waals surface area contributed by atoms with Crippen molar-refractivity contribution in [3.05, 3.63) is 46.1 Å². The molecule has 8 heteroatoms. The smallest absolute Gasteiger partial charge is 0.389 e. The predicted octanol–water partition coefficient (Wildman–Crippen LogP) is 3.00. The van der Waals surface area contributed by atoms with Gasteiger partial charge >= 0.3 is 6.18 Å². The van der Waals surface area contributed by atoms with Crippen molar-refractivity contribution in [1.29, 1.82) is 0 Å². The number of nitrogens with one attached hydrogen (secondary N) is 1. The van der Waals surface area contributed by atoms with Gasteiger partial charge in [0, 0.05) is 19.0 Å². The first-order valence-electron chi connectivity index (χ1n) is 6.34. The van der Waals surface area contributed by atoms with E-state index < -0.39 is 29.8 Å². The Labute approximate surface area is 121 Å². The zero-order chi connectivity index (χ0) is 16.3. The van der Waals surface area contributed by atoms with Crippen LogP contribution in [0.2, 0.25) is 0 Å². The third kappa shape index (κ3) is 4.06. The number of benzene rings is 1. The van der Waals surface area contributed by atoms with Crippen LogP contribution in [0.4, 0.5) is 17.6 Å². The van der Waals surface area contributed by atoms with E-state index in [2.05, 4.69) is 5.32 Å². The molecular weight excluding hydrogens is 306 g/mol. The van der Waals surface area contributed by atoms with E-state index in [9.17, 15) is 27.2 Å². The first kappa shape index (κ1) is 16.0. The summed E-state index contributed by atoms with van der Waals surface area (Å²) >= 11 is 0. The van der Waals surface area contributed by atoms with Crippen LogP contribution in [0.25, 0.3) is 11.0 Å². The van der Waals surface area contributed by atoms with E-state index in [0.29, 0.717) is 0 Å². The van der Waals surface area contributed by atoms with Crippen LogP contribution in [-0.4, -0.2) is 18.6 Å². The van der Waals surface area contributed by atoms with Crippen molar-refractivity contribution in [3.8, 4) is 0 Å². The molecule has 0 aliphatic rings. The molecule has 0 spiro atoms. The molecule has 1 heterocycles. The maximum absolute atomic E-state index is 13.0. The number of hydrogen-bond acceptors (Lipinski definition) is 3. The summed E-state index contributed by atoms with van der Waals surface area (Å²) in [5, 5.41) is 2.21. The number of halogens is 4. The third-order valence-corrected chi connectivity index (χ3v) is 2.84. The Balaban J connectivity index is 2.09. The standard InChI is InChI=1S/C14H11F4NO3/c15-8-2-3-11-9(6-8)10(20)7-12(22-11)13(21)19-5-1-4-14(16,17)18/h2-3,6-7H,1,4-5H2,(H,19,21). The fourth-order valence-electron chi connectivity index (χ4n) is 1.82. The maximum Gasteiger partial charge on any atom is 0.389 e. The summed E-state index contributed by atoms with van der Waals surface area (Å²) in [4.78, 5) is 23.5. The predicted molar refractivity (Wildman–Crippen MR) is 70.1 cm³/mol. The zero-order valence-corrected chi connectivity index (χ0v) is 11.2. The molecule has 0 fully saturated rings. The quantitative estimate of drug-likeness (QED) is 0.696. The van der Waals surface area contributed by atoms with Gasteiger partial charge in [-0.1, -0.05) is 0 Å². The highest BCUT2D eigenvalue weighted by Crippen LogP contribution is 2.20. The first-order valence-corrected chi connectivity index (χ1v) is 6.34. The van der Waals surface area contributed by atoms with Crippen molar-refractivity contribution in [1.82, 2.24) is 5.32 Å². The molecule has 2 rings (SSSR count). The van der Waals surface area contributed by atoms with Crippen molar-refractivity contribution < 1.29 is 26.8 Å². The van der Waals surface area contributed by atoms with E-state index in [-0.39, 0.29) is 29.7 Å². The lowest BCUT2D eigenvalue weighted by atomic mass is 10.2. The Kier molecular flexibility index (Phi) is 4.48. The van der Waals surface area contributed by atoms with Gasteiger partial charge in [0.1, 0.15) is 11.4 Å². The Bertz CT molecular complexity index is 752. The van der Waals surface area contributed by atoms with Crippen molar-refractivity contribution in [2.75, 3.05) is 6.54 Å². The summed E-state index contributed by atoms with van der Waals surface area (Å²) in [6.45, 7) is -0.205. The van der Waals surface area contributed by atoms with E-state index in [4.69, 9.17) is 4.42 Å². The average molecular weight is 317 g/mol. The number of alkyl halides is 3. The van der Waals surface area contributed by atoms with Crippen molar-refractivity contribution >= 4 is 16.9 Å². The van der Waals surface area contributed by atoms with Crippen LogP contribution in [0.1, 0.15) is 23.4 Å². The minimum Gasteiger partial charge on any atom is -0.451 e. The Hall–Kier alpha value is -2.38.